The minimum Gasteiger partial charge on any atom is -0.492 e. The minimum atomic E-state index is -0.416. The summed E-state index contributed by atoms with van der Waals surface area (Å²) < 4.78 is 18.8. The molecule has 0 radical (unpaired) electrons. The summed E-state index contributed by atoms with van der Waals surface area (Å²) in [6.07, 6.45) is 0. The standard InChI is InChI=1S/C18H14FNO3/c1-18(2)9-23-13-8-7-12-14(15(13)18)17(22)20(16(12)21)11-5-3-10(19)4-6-11/h3-8H,9H2,1-2H3. The number of fused-ring (bicyclic) bond motifs is 3. The highest BCUT2D eigenvalue weighted by Crippen LogP contribution is 2.44. The van der Waals surface area contributed by atoms with Gasteiger partial charge in [0.15, 0.2) is 0 Å². The van der Waals surface area contributed by atoms with Crippen molar-refractivity contribution in [3.05, 3.63) is 58.9 Å². The molecule has 2 aliphatic rings. The monoisotopic (exact) mass is 311 g/mol. The molecule has 2 heterocycles. The van der Waals surface area contributed by atoms with Gasteiger partial charge in [-0.05, 0) is 36.4 Å². The maximum Gasteiger partial charge on any atom is 0.266 e. The number of benzene rings is 2. The second-order valence-corrected chi connectivity index (χ2v) is 6.46. The Kier molecular flexibility index (Phi) is 2.67. The van der Waals surface area contributed by atoms with Crippen molar-refractivity contribution >= 4 is 17.5 Å². The average molecular weight is 311 g/mol. The van der Waals surface area contributed by atoms with Crippen LogP contribution in [0.25, 0.3) is 0 Å². The molecule has 2 aromatic carbocycles. The van der Waals surface area contributed by atoms with Crippen molar-refractivity contribution in [1.82, 2.24) is 0 Å². The molecule has 0 atom stereocenters. The van der Waals surface area contributed by atoms with E-state index in [0.29, 0.717) is 29.2 Å². The third-order valence-electron chi connectivity index (χ3n) is 4.37. The molecular formula is C18H14FNO3. The molecule has 0 saturated heterocycles. The van der Waals surface area contributed by atoms with Crippen molar-refractivity contribution in [2.24, 2.45) is 0 Å². The maximum absolute atomic E-state index is 13.1. The molecule has 4 nitrogen and oxygen atoms in total. The van der Waals surface area contributed by atoms with Gasteiger partial charge >= 0.3 is 0 Å². The summed E-state index contributed by atoms with van der Waals surface area (Å²) >= 11 is 0. The number of ether oxygens (including phenoxy) is 1. The van der Waals surface area contributed by atoms with Gasteiger partial charge in [0.1, 0.15) is 11.6 Å². The average Bonchev–Trinajstić information content (AvgIpc) is 2.96. The summed E-state index contributed by atoms with van der Waals surface area (Å²) in [5.74, 6) is -0.536. The molecule has 5 heteroatoms. The van der Waals surface area contributed by atoms with E-state index in [4.69, 9.17) is 4.74 Å². The minimum absolute atomic E-state index is 0.338. The first-order valence-corrected chi connectivity index (χ1v) is 7.35. The Hall–Kier alpha value is -2.69. The second kappa shape index (κ2) is 4.41. The molecule has 0 bridgehead atoms. The van der Waals surface area contributed by atoms with E-state index in [9.17, 15) is 14.0 Å². The number of anilines is 1. The van der Waals surface area contributed by atoms with Crippen molar-refractivity contribution in [2.45, 2.75) is 19.3 Å². The number of nitrogens with zero attached hydrogens (tertiary/aromatic N) is 1. The fourth-order valence-corrected chi connectivity index (χ4v) is 3.26. The number of rotatable bonds is 1. The van der Waals surface area contributed by atoms with E-state index in [0.717, 1.165) is 10.5 Å². The van der Waals surface area contributed by atoms with E-state index < -0.39 is 5.82 Å². The van der Waals surface area contributed by atoms with Gasteiger partial charge in [0, 0.05) is 11.0 Å². The molecule has 23 heavy (non-hydrogen) atoms. The molecule has 0 aliphatic carbocycles. The first-order chi connectivity index (χ1) is 10.9. The van der Waals surface area contributed by atoms with Crippen molar-refractivity contribution in [2.75, 3.05) is 11.5 Å². The first kappa shape index (κ1) is 13.9. The van der Waals surface area contributed by atoms with Crippen LogP contribution in [0.15, 0.2) is 36.4 Å². The number of carbonyl (C=O) groups is 2. The van der Waals surface area contributed by atoms with Crippen LogP contribution in [0, 0.1) is 5.82 Å². The molecule has 0 aromatic heterocycles. The highest BCUT2D eigenvalue weighted by Gasteiger charge is 2.45. The highest BCUT2D eigenvalue weighted by molar-refractivity contribution is 6.35. The molecule has 0 spiro atoms. The fourth-order valence-electron chi connectivity index (χ4n) is 3.26. The molecule has 0 unspecified atom stereocenters. The Balaban J connectivity index is 1.89. The lowest BCUT2D eigenvalue weighted by Gasteiger charge is -2.18. The van der Waals surface area contributed by atoms with Crippen LogP contribution in [0.5, 0.6) is 5.75 Å². The number of carbonyl (C=O) groups excluding carboxylic acids is 2. The number of amides is 2. The quantitative estimate of drug-likeness (QED) is 0.759. The van der Waals surface area contributed by atoms with Gasteiger partial charge in [0.05, 0.1) is 23.4 Å². The second-order valence-electron chi connectivity index (χ2n) is 6.46. The Labute approximate surface area is 132 Å². The Morgan fingerprint density at radius 3 is 2.43 bits per heavy atom. The SMILES string of the molecule is CC1(C)COc2ccc3c(c21)C(=O)N(c1ccc(F)cc1)C3=O. The number of halogens is 1. The summed E-state index contributed by atoms with van der Waals surface area (Å²) in [4.78, 5) is 26.7. The molecule has 4 rings (SSSR count). The summed E-state index contributed by atoms with van der Waals surface area (Å²) in [5.41, 5.74) is 1.58. The molecule has 2 amide bonds. The third-order valence-corrected chi connectivity index (χ3v) is 4.37. The van der Waals surface area contributed by atoms with Crippen LogP contribution in [-0.2, 0) is 5.41 Å². The lowest BCUT2D eigenvalue weighted by molar-refractivity contribution is 0.0925. The van der Waals surface area contributed by atoms with Gasteiger partial charge in [-0.2, -0.15) is 0 Å². The zero-order valence-electron chi connectivity index (χ0n) is 12.7. The van der Waals surface area contributed by atoms with Crippen molar-refractivity contribution in [3.63, 3.8) is 0 Å². The van der Waals surface area contributed by atoms with Gasteiger partial charge in [-0.3, -0.25) is 9.59 Å². The molecular weight excluding hydrogens is 297 g/mol. The Bertz CT molecular complexity index is 855. The van der Waals surface area contributed by atoms with E-state index in [1.807, 2.05) is 13.8 Å². The summed E-state index contributed by atoms with van der Waals surface area (Å²) in [5, 5.41) is 0. The van der Waals surface area contributed by atoms with Gasteiger partial charge in [0.2, 0.25) is 0 Å². The molecule has 116 valence electrons. The van der Waals surface area contributed by atoms with Gasteiger partial charge < -0.3 is 4.74 Å². The van der Waals surface area contributed by atoms with Gasteiger partial charge in [-0.25, -0.2) is 9.29 Å². The number of hydrogen-bond donors (Lipinski definition) is 0. The van der Waals surface area contributed by atoms with E-state index in [2.05, 4.69) is 0 Å². The molecule has 0 saturated carbocycles. The molecule has 0 N–H and O–H groups in total. The zero-order chi connectivity index (χ0) is 16.4. The molecule has 2 aliphatic heterocycles. The van der Waals surface area contributed by atoms with Crippen LogP contribution in [0.2, 0.25) is 0 Å². The zero-order valence-corrected chi connectivity index (χ0v) is 12.7. The van der Waals surface area contributed by atoms with Crippen molar-refractivity contribution in [3.8, 4) is 5.75 Å². The van der Waals surface area contributed by atoms with Gasteiger partial charge in [-0.1, -0.05) is 13.8 Å². The van der Waals surface area contributed by atoms with E-state index in [1.54, 1.807) is 12.1 Å². The van der Waals surface area contributed by atoms with Crippen LogP contribution in [0.1, 0.15) is 40.1 Å². The normalized spacial score (nSPS) is 18.0. The van der Waals surface area contributed by atoms with Gasteiger partial charge in [-0.15, -0.1) is 0 Å². The van der Waals surface area contributed by atoms with Gasteiger partial charge in [0.25, 0.3) is 11.8 Å². The van der Waals surface area contributed by atoms with E-state index >= 15 is 0 Å². The van der Waals surface area contributed by atoms with Crippen LogP contribution < -0.4 is 9.64 Å². The van der Waals surface area contributed by atoms with Crippen LogP contribution in [0.4, 0.5) is 10.1 Å². The van der Waals surface area contributed by atoms with Crippen LogP contribution in [0.3, 0.4) is 0 Å². The van der Waals surface area contributed by atoms with E-state index in [-0.39, 0.29) is 17.2 Å². The van der Waals surface area contributed by atoms with Crippen molar-refractivity contribution < 1.29 is 18.7 Å². The summed E-state index contributed by atoms with van der Waals surface area (Å²) in [7, 11) is 0. The highest BCUT2D eigenvalue weighted by atomic mass is 19.1. The molecule has 2 aromatic rings. The van der Waals surface area contributed by atoms with Crippen LogP contribution >= 0.6 is 0 Å². The smallest absolute Gasteiger partial charge is 0.266 e. The van der Waals surface area contributed by atoms with Crippen molar-refractivity contribution in [1.29, 1.82) is 0 Å². The lowest BCUT2D eigenvalue weighted by atomic mass is 9.82. The predicted molar refractivity (Wildman–Crippen MR) is 82.5 cm³/mol. The lowest BCUT2D eigenvalue weighted by Crippen LogP contribution is -2.30. The maximum atomic E-state index is 13.1. The van der Waals surface area contributed by atoms with E-state index in [1.165, 1.54) is 24.3 Å². The topological polar surface area (TPSA) is 46.6 Å². The first-order valence-electron chi connectivity index (χ1n) is 7.35. The largest absolute Gasteiger partial charge is 0.492 e. The molecule has 0 fully saturated rings. The third kappa shape index (κ3) is 1.82. The Morgan fingerprint density at radius 2 is 1.74 bits per heavy atom. The number of hydrogen-bond acceptors (Lipinski definition) is 3. The summed E-state index contributed by atoms with van der Waals surface area (Å²) in [6.45, 7) is 4.44. The van der Waals surface area contributed by atoms with Crippen LogP contribution in [-0.4, -0.2) is 18.4 Å². The summed E-state index contributed by atoms with van der Waals surface area (Å²) in [6, 6.07) is 8.69. The predicted octanol–water partition coefficient (Wildman–Crippen LogP) is 3.30. The Morgan fingerprint density at radius 1 is 1.04 bits per heavy atom. The fraction of sp³-hybridized carbons (Fsp3) is 0.222. The number of imide groups is 1.